The second-order valence-corrected chi connectivity index (χ2v) is 11.9. The van der Waals surface area contributed by atoms with E-state index in [-0.39, 0.29) is 9.49 Å². The number of hydrogen-bond donors (Lipinski definition) is 0. The summed E-state index contributed by atoms with van der Waals surface area (Å²) < 4.78 is 0.379. The van der Waals surface area contributed by atoms with E-state index in [1.807, 2.05) is 23.5 Å². The maximum absolute atomic E-state index is 2.31. The van der Waals surface area contributed by atoms with Crippen LogP contribution in [0.3, 0.4) is 0 Å². The molecule has 0 aliphatic heterocycles. The second kappa shape index (κ2) is 6.31. The minimum atomic E-state index is 0.179. The van der Waals surface area contributed by atoms with Crippen molar-refractivity contribution in [2.45, 2.75) is 60.8 Å². The van der Waals surface area contributed by atoms with Crippen molar-refractivity contribution < 1.29 is 0 Å². The number of fused-ring (bicyclic) bond motifs is 3. The molecule has 0 aromatic heterocycles. The summed E-state index contributed by atoms with van der Waals surface area (Å²) in [6.07, 6.45) is 0. The summed E-state index contributed by atoms with van der Waals surface area (Å²) in [7, 11) is 0. The minimum Gasteiger partial charge on any atom is -0.119 e. The van der Waals surface area contributed by atoms with E-state index in [9.17, 15) is 0 Å². The Balaban J connectivity index is 2.35. The average Bonchev–Trinajstić information content (AvgIpc) is 2.46. The maximum atomic E-state index is 2.31. The molecule has 0 spiro atoms. The fraction of sp³-hybridized carbons (Fsp3) is 0.364. The molecule has 0 bridgehead atoms. The Kier molecular flexibility index (Phi) is 4.65. The van der Waals surface area contributed by atoms with E-state index in [1.54, 1.807) is 0 Å². The summed E-state index contributed by atoms with van der Waals surface area (Å²) in [6.45, 7) is 13.8. The highest BCUT2D eigenvalue weighted by Gasteiger charge is 2.22. The summed E-state index contributed by atoms with van der Waals surface area (Å²) in [5, 5.41) is 5.41. The Hall–Kier alpha value is -1.12. The largest absolute Gasteiger partial charge is 0.119 e. The van der Waals surface area contributed by atoms with Crippen LogP contribution in [-0.2, 0) is 0 Å². The molecule has 0 radical (unpaired) electrons. The van der Waals surface area contributed by atoms with Crippen LogP contribution < -0.4 is 0 Å². The van der Waals surface area contributed by atoms with Gasteiger partial charge in [-0.15, -0.1) is 23.5 Å². The summed E-state index contributed by atoms with van der Waals surface area (Å²) in [6, 6.07) is 17.8. The minimum absolute atomic E-state index is 0.179. The van der Waals surface area contributed by atoms with Gasteiger partial charge in [-0.25, -0.2) is 0 Å². The first-order valence-electron chi connectivity index (χ1n) is 8.47. The van der Waals surface area contributed by atoms with Crippen molar-refractivity contribution in [3.05, 3.63) is 48.5 Å². The first-order chi connectivity index (χ1) is 11.1. The predicted octanol–water partition coefficient (Wildman–Crippen LogP) is 7.77. The molecule has 0 nitrogen and oxygen atoms in total. The van der Waals surface area contributed by atoms with Gasteiger partial charge in [-0.1, -0.05) is 84.0 Å². The lowest BCUT2D eigenvalue weighted by molar-refractivity contribution is 0.796. The van der Waals surface area contributed by atoms with E-state index in [4.69, 9.17) is 0 Å². The Morgan fingerprint density at radius 1 is 0.625 bits per heavy atom. The van der Waals surface area contributed by atoms with Gasteiger partial charge in [0.15, 0.2) is 0 Å². The van der Waals surface area contributed by atoms with Gasteiger partial charge in [0, 0.05) is 24.7 Å². The predicted molar refractivity (Wildman–Crippen MR) is 113 cm³/mol. The number of thioether (sulfide) groups is 2. The van der Waals surface area contributed by atoms with Crippen LogP contribution in [0.2, 0.25) is 0 Å². The van der Waals surface area contributed by atoms with Crippen molar-refractivity contribution in [2.75, 3.05) is 0 Å². The standard InChI is InChI=1S/C22H26S2/c1-21(2,3)23-18-14-13-16-12-11-15-9-7-8-10-17(15)19(16)20(18)24-22(4,5)6/h7-14H,1-6H3. The third-order valence-corrected chi connectivity index (χ3v) is 6.19. The van der Waals surface area contributed by atoms with Crippen LogP contribution in [0.15, 0.2) is 58.3 Å². The van der Waals surface area contributed by atoms with Crippen LogP contribution in [0, 0.1) is 0 Å². The molecule has 0 aliphatic carbocycles. The normalized spacial score (nSPS) is 12.9. The van der Waals surface area contributed by atoms with Crippen molar-refractivity contribution in [1.82, 2.24) is 0 Å². The van der Waals surface area contributed by atoms with E-state index < -0.39 is 0 Å². The Bertz CT molecular complexity index is 880. The summed E-state index contributed by atoms with van der Waals surface area (Å²) in [4.78, 5) is 2.82. The van der Waals surface area contributed by atoms with Gasteiger partial charge in [-0.3, -0.25) is 0 Å². The van der Waals surface area contributed by atoms with E-state index in [2.05, 4.69) is 90.1 Å². The zero-order valence-electron chi connectivity index (χ0n) is 15.4. The van der Waals surface area contributed by atoms with Crippen molar-refractivity contribution >= 4 is 45.1 Å². The van der Waals surface area contributed by atoms with E-state index in [0.717, 1.165) is 0 Å². The molecular weight excluding hydrogens is 328 g/mol. The Labute approximate surface area is 154 Å². The fourth-order valence-electron chi connectivity index (χ4n) is 2.86. The maximum Gasteiger partial charge on any atom is 0.0298 e. The van der Waals surface area contributed by atoms with Crippen LogP contribution in [0.5, 0.6) is 0 Å². The third kappa shape index (κ3) is 3.92. The van der Waals surface area contributed by atoms with Gasteiger partial charge in [0.1, 0.15) is 0 Å². The fourth-order valence-corrected chi connectivity index (χ4v) is 5.21. The lowest BCUT2D eigenvalue weighted by Crippen LogP contribution is -2.10. The molecule has 24 heavy (non-hydrogen) atoms. The van der Waals surface area contributed by atoms with Gasteiger partial charge in [0.25, 0.3) is 0 Å². The quantitative estimate of drug-likeness (QED) is 0.340. The molecule has 0 aliphatic rings. The molecule has 3 aromatic carbocycles. The van der Waals surface area contributed by atoms with E-state index >= 15 is 0 Å². The molecule has 3 aromatic rings. The highest BCUT2D eigenvalue weighted by Crippen LogP contribution is 2.47. The zero-order valence-corrected chi connectivity index (χ0v) is 17.1. The van der Waals surface area contributed by atoms with Crippen LogP contribution in [0.1, 0.15) is 41.5 Å². The van der Waals surface area contributed by atoms with Crippen molar-refractivity contribution in [3.63, 3.8) is 0 Å². The topological polar surface area (TPSA) is 0 Å². The lowest BCUT2D eigenvalue weighted by Gasteiger charge is -2.25. The van der Waals surface area contributed by atoms with E-state index in [0.29, 0.717) is 0 Å². The third-order valence-electron chi connectivity index (χ3n) is 3.65. The van der Waals surface area contributed by atoms with Crippen LogP contribution >= 0.6 is 23.5 Å². The molecule has 126 valence electrons. The monoisotopic (exact) mass is 354 g/mol. The molecular formula is C22H26S2. The molecule has 0 heterocycles. The zero-order chi connectivity index (χ0) is 17.5. The van der Waals surface area contributed by atoms with Gasteiger partial charge in [0.05, 0.1) is 0 Å². The Morgan fingerprint density at radius 2 is 1.21 bits per heavy atom. The highest BCUT2D eigenvalue weighted by molar-refractivity contribution is 8.03. The van der Waals surface area contributed by atoms with Crippen molar-refractivity contribution in [2.24, 2.45) is 0 Å². The van der Waals surface area contributed by atoms with Crippen molar-refractivity contribution in [3.8, 4) is 0 Å². The molecule has 2 heteroatoms. The van der Waals surface area contributed by atoms with Gasteiger partial charge in [-0.2, -0.15) is 0 Å². The molecule has 0 N–H and O–H groups in total. The van der Waals surface area contributed by atoms with Crippen LogP contribution in [-0.4, -0.2) is 9.49 Å². The molecule has 0 atom stereocenters. The molecule has 0 saturated carbocycles. The average molecular weight is 355 g/mol. The molecule has 0 fully saturated rings. The molecule has 0 saturated heterocycles. The summed E-state index contributed by atoms with van der Waals surface area (Å²) >= 11 is 3.96. The molecule has 3 rings (SSSR count). The van der Waals surface area contributed by atoms with Gasteiger partial charge < -0.3 is 0 Å². The SMILES string of the molecule is CC(C)(C)Sc1ccc2ccc3ccccc3c2c1SC(C)(C)C. The number of rotatable bonds is 2. The smallest absolute Gasteiger partial charge is 0.0298 e. The lowest BCUT2D eigenvalue weighted by atomic mass is 10.0. The van der Waals surface area contributed by atoms with E-state index in [1.165, 1.54) is 31.3 Å². The summed E-state index contributed by atoms with van der Waals surface area (Å²) in [5.41, 5.74) is 0. The first-order valence-corrected chi connectivity index (χ1v) is 10.1. The molecule has 0 unspecified atom stereocenters. The number of benzene rings is 3. The van der Waals surface area contributed by atoms with Crippen molar-refractivity contribution in [1.29, 1.82) is 0 Å². The number of hydrogen-bond acceptors (Lipinski definition) is 2. The van der Waals surface area contributed by atoms with Gasteiger partial charge >= 0.3 is 0 Å². The highest BCUT2D eigenvalue weighted by atomic mass is 32.2. The first kappa shape index (κ1) is 17.7. The molecule has 0 amide bonds. The van der Waals surface area contributed by atoms with Gasteiger partial charge in [0.2, 0.25) is 0 Å². The van der Waals surface area contributed by atoms with Gasteiger partial charge in [-0.05, 0) is 22.2 Å². The Morgan fingerprint density at radius 3 is 1.88 bits per heavy atom. The van der Waals surface area contributed by atoms with Crippen LogP contribution in [0.4, 0.5) is 0 Å². The summed E-state index contributed by atoms with van der Waals surface area (Å²) in [5.74, 6) is 0. The van der Waals surface area contributed by atoms with Crippen LogP contribution in [0.25, 0.3) is 21.5 Å². The second-order valence-electron chi connectivity index (χ2n) is 8.21.